The monoisotopic (exact) mass is 222 g/mol. The molecule has 1 N–H and O–H groups in total. The van der Waals surface area contributed by atoms with E-state index in [2.05, 4.69) is 9.82 Å². The van der Waals surface area contributed by atoms with Crippen molar-refractivity contribution in [2.45, 2.75) is 4.90 Å². The molecule has 13 heavy (non-hydrogen) atoms. The second-order valence-electron chi connectivity index (χ2n) is 2.11. The average molecular weight is 223 g/mol. The molecule has 0 amide bonds. The summed E-state index contributed by atoms with van der Waals surface area (Å²) in [4.78, 5) is 9.76. The summed E-state index contributed by atoms with van der Waals surface area (Å²) < 4.78 is 22.4. The Labute approximate surface area is 80.7 Å². The second-order valence-corrected chi connectivity index (χ2v) is 4.14. The number of pyridine rings is 1. The summed E-state index contributed by atoms with van der Waals surface area (Å²) in [6.45, 7) is 0. The van der Waals surface area contributed by atoms with Gasteiger partial charge in [0.15, 0.2) is 0 Å². The molecule has 0 bridgehead atoms. The van der Waals surface area contributed by atoms with Crippen molar-refractivity contribution in [2.75, 3.05) is 7.11 Å². The molecule has 0 aromatic carbocycles. The van der Waals surface area contributed by atoms with E-state index in [9.17, 15) is 8.42 Å². The van der Waals surface area contributed by atoms with Crippen molar-refractivity contribution in [3.8, 4) is 0 Å². The molecule has 0 aliphatic rings. The van der Waals surface area contributed by atoms with E-state index in [0.717, 1.165) is 6.20 Å². The topological polar surface area (TPSA) is 68.3 Å². The number of hydrogen-bond acceptors (Lipinski definition) is 4. The predicted molar refractivity (Wildman–Crippen MR) is 46.6 cm³/mol. The highest BCUT2D eigenvalue weighted by molar-refractivity contribution is 7.89. The number of nitrogens with one attached hydrogen (secondary N) is 1. The van der Waals surface area contributed by atoms with E-state index in [0.29, 0.717) is 0 Å². The van der Waals surface area contributed by atoms with E-state index < -0.39 is 10.0 Å². The van der Waals surface area contributed by atoms with E-state index in [4.69, 9.17) is 11.6 Å². The normalized spacial score (nSPS) is 11.5. The highest BCUT2D eigenvalue weighted by Gasteiger charge is 2.13. The van der Waals surface area contributed by atoms with Gasteiger partial charge in [-0.2, -0.15) is 0 Å². The minimum absolute atomic E-state index is 0.00116. The Bertz CT molecular complexity index is 375. The van der Waals surface area contributed by atoms with Crippen LogP contribution in [0, 0.1) is 0 Å². The van der Waals surface area contributed by atoms with E-state index in [-0.39, 0.29) is 10.0 Å². The molecule has 5 nitrogen and oxygen atoms in total. The Hall–Kier alpha value is -0.690. The lowest BCUT2D eigenvalue weighted by Crippen LogP contribution is -2.22. The van der Waals surface area contributed by atoms with Crippen LogP contribution in [-0.2, 0) is 14.9 Å². The molecule has 1 aromatic heterocycles. The van der Waals surface area contributed by atoms with Crippen LogP contribution >= 0.6 is 11.6 Å². The molecule has 0 atom stereocenters. The molecule has 0 aliphatic heterocycles. The smallest absolute Gasteiger partial charge is 0.263 e. The number of hydrogen-bond donors (Lipinski definition) is 1. The van der Waals surface area contributed by atoms with Crippen molar-refractivity contribution in [3.05, 3.63) is 23.5 Å². The van der Waals surface area contributed by atoms with E-state index in [1.54, 1.807) is 0 Å². The van der Waals surface area contributed by atoms with Gasteiger partial charge in [-0.05, 0) is 12.1 Å². The zero-order valence-corrected chi connectivity index (χ0v) is 8.26. The lowest BCUT2D eigenvalue weighted by atomic mass is 10.5. The number of aromatic nitrogens is 1. The molecule has 7 heteroatoms. The van der Waals surface area contributed by atoms with Crippen LogP contribution in [0.2, 0.25) is 5.15 Å². The first-order chi connectivity index (χ1) is 6.06. The van der Waals surface area contributed by atoms with Crippen LogP contribution in [0.1, 0.15) is 0 Å². The van der Waals surface area contributed by atoms with E-state index >= 15 is 0 Å². The molecule has 0 saturated carbocycles. The largest absolute Gasteiger partial charge is 0.290 e. The molecule has 0 radical (unpaired) electrons. The van der Waals surface area contributed by atoms with Gasteiger partial charge < -0.3 is 0 Å². The Kier molecular flexibility index (Phi) is 3.21. The van der Waals surface area contributed by atoms with Crippen LogP contribution < -0.4 is 4.89 Å². The second kappa shape index (κ2) is 4.01. The van der Waals surface area contributed by atoms with Crippen LogP contribution in [0.4, 0.5) is 0 Å². The average Bonchev–Trinajstić information content (AvgIpc) is 2.05. The first kappa shape index (κ1) is 10.4. The van der Waals surface area contributed by atoms with Gasteiger partial charge in [-0.15, -0.1) is 0 Å². The Morgan fingerprint density at radius 1 is 1.54 bits per heavy atom. The summed E-state index contributed by atoms with van der Waals surface area (Å²) in [5, 5.41) is 0.233. The van der Waals surface area contributed by atoms with Gasteiger partial charge in [0.2, 0.25) is 0 Å². The lowest BCUT2D eigenvalue weighted by molar-refractivity contribution is 0.153. The Balaban J connectivity index is 3.02. The molecule has 0 unspecified atom stereocenters. The van der Waals surface area contributed by atoms with Crippen molar-refractivity contribution in [3.63, 3.8) is 0 Å². The maximum Gasteiger partial charge on any atom is 0.263 e. The first-order valence-corrected chi connectivity index (χ1v) is 5.09. The lowest BCUT2D eigenvalue weighted by Gasteiger charge is -2.02. The zero-order valence-electron chi connectivity index (χ0n) is 6.69. The summed E-state index contributed by atoms with van der Waals surface area (Å²) in [5.74, 6) is 0. The molecular weight excluding hydrogens is 216 g/mol. The number of sulfonamides is 1. The molecule has 1 rings (SSSR count). The summed E-state index contributed by atoms with van der Waals surface area (Å²) in [7, 11) is -2.41. The van der Waals surface area contributed by atoms with Gasteiger partial charge in [0, 0.05) is 6.20 Å². The number of rotatable bonds is 3. The fourth-order valence-corrected chi connectivity index (χ4v) is 1.55. The van der Waals surface area contributed by atoms with Crippen molar-refractivity contribution in [1.29, 1.82) is 0 Å². The van der Waals surface area contributed by atoms with Gasteiger partial charge in [0.05, 0.1) is 7.11 Å². The molecular formula is C6H7ClN2O3S. The van der Waals surface area contributed by atoms with E-state index in [1.807, 2.05) is 4.89 Å². The zero-order chi connectivity index (χ0) is 9.90. The highest BCUT2D eigenvalue weighted by Crippen LogP contribution is 2.09. The summed E-state index contributed by atoms with van der Waals surface area (Å²) in [6, 6.07) is 2.71. The molecule has 1 aromatic rings. The third kappa shape index (κ3) is 2.63. The minimum atomic E-state index is -3.62. The van der Waals surface area contributed by atoms with Crippen LogP contribution in [-0.4, -0.2) is 20.5 Å². The Morgan fingerprint density at radius 3 is 2.69 bits per heavy atom. The predicted octanol–water partition coefficient (Wildman–Crippen LogP) is 0.575. The molecule has 1 heterocycles. The van der Waals surface area contributed by atoms with Crippen molar-refractivity contribution in [1.82, 2.24) is 9.87 Å². The first-order valence-electron chi connectivity index (χ1n) is 3.22. The van der Waals surface area contributed by atoms with Gasteiger partial charge in [-0.3, -0.25) is 4.84 Å². The molecule has 0 saturated heterocycles. The maximum absolute atomic E-state index is 11.2. The molecule has 72 valence electrons. The maximum atomic E-state index is 11.2. The van der Waals surface area contributed by atoms with Crippen LogP contribution in [0.25, 0.3) is 0 Å². The minimum Gasteiger partial charge on any atom is -0.290 e. The third-order valence-electron chi connectivity index (χ3n) is 1.20. The van der Waals surface area contributed by atoms with Gasteiger partial charge >= 0.3 is 0 Å². The standard InChI is InChI=1S/C6H7ClN2O3S/c1-12-9-13(10,11)5-2-3-6(7)8-4-5/h2-4,9H,1H3. The van der Waals surface area contributed by atoms with Crippen LogP contribution in [0.5, 0.6) is 0 Å². The fourth-order valence-electron chi connectivity index (χ4n) is 0.679. The molecule has 0 aliphatic carbocycles. The fraction of sp³-hybridized carbons (Fsp3) is 0.167. The molecule has 0 spiro atoms. The van der Waals surface area contributed by atoms with Gasteiger partial charge in [0.1, 0.15) is 10.0 Å². The summed E-state index contributed by atoms with van der Waals surface area (Å²) in [6.07, 6.45) is 1.14. The van der Waals surface area contributed by atoms with E-state index in [1.165, 1.54) is 19.2 Å². The van der Waals surface area contributed by atoms with Gasteiger partial charge in [-0.25, -0.2) is 13.4 Å². The number of nitrogens with zero attached hydrogens (tertiary/aromatic N) is 1. The quantitative estimate of drug-likeness (QED) is 0.600. The van der Waals surface area contributed by atoms with Crippen molar-refractivity contribution < 1.29 is 13.3 Å². The number of halogens is 1. The summed E-state index contributed by atoms with van der Waals surface area (Å²) in [5.41, 5.74) is 0. The van der Waals surface area contributed by atoms with Gasteiger partial charge in [0.25, 0.3) is 10.0 Å². The SMILES string of the molecule is CONS(=O)(=O)c1ccc(Cl)nc1. The van der Waals surface area contributed by atoms with Crippen LogP contribution in [0.3, 0.4) is 0 Å². The Morgan fingerprint density at radius 2 is 2.23 bits per heavy atom. The third-order valence-corrected chi connectivity index (χ3v) is 2.68. The summed E-state index contributed by atoms with van der Waals surface area (Å²) >= 11 is 5.48. The van der Waals surface area contributed by atoms with Crippen molar-refractivity contribution >= 4 is 21.6 Å². The highest BCUT2D eigenvalue weighted by atomic mass is 35.5. The van der Waals surface area contributed by atoms with Crippen molar-refractivity contribution in [2.24, 2.45) is 0 Å². The van der Waals surface area contributed by atoms with Gasteiger partial charge in [-0.1, -0.05) is 16.5 Å². The molecule has 0 fully saturated rings. The van der Waals surface area contributed by atoms with Crippen LogP contribution in [0.15, 0.2) is 23.2 Å².